The maximum atomic E-state index is 4.08. The highest BCUT2D eigenvalue weighted by atomic mass is 15.3. The van der Waals surface area contributed by atoms with E-state index in [0.717, 1.165) is 11.4 Å². The summed E-state index contributed by atoms with van der Waals surface area (Å²) in [6.07, 6.45) is 0. The molecule has 238 valence electrons. The highest BCUT2D eigenvalue weighted by Gasteiger charge is 2.48. The molecule has 2 N–H and O–H groups in total. The molecule has 0 spiro atoms. The van der Waals surface area contributed by atoms with Gasteiger partial charge < -0.3 is 10.6 Å². The molecule has 2 heteroatoms. The van der Waals surface area contributed by atoms with Crippen LogP contribution in [0.2, 0.25) is 0 Å². The van der Waals surface area contributed by atoms with E-state index in [1.165, 1.54) is 55.6 Å². The maximum Gasteiger partial charge on any atom is 0.161 e. The minimum absolute atomic E-state index is 0.0753. The molecular formula is C46H44N2. The van der Waals surface area contributed by atoms with Crippen LogP contribution in [0.25, 0.3) is 11.1 Å². The third kappa shape index (κ3) is 4.53. The van der Waals surface area contributed by atoms with Gasteiger partial charge >= 0.3 is 0 Å². The number of hydrogen-bond donors (Lipinski definition) is 2. The van der Waals surface area contributed by atoms with E-state index in [1.807, 2.05) is 0 Å². The molecule has 0 radical (unpaired) electrons. The lowest BCUT2D eigenvalue weighted by Gasteiger charge is -2.34. The quantitative estimate of drug-likeness (QED) is 0.204. The van der Waals surface area contributed by atoms with Crippen LogP contribution in [0.3, 0.4) is 0 Å². The molecule has 6 aromatic rings. The van der Waals surface area contributed by atoms with Gasteiger partial charge in [0.05, 0.1) is 16.8 Å². The Hall–Kier alpha value is -5.08. The van der Waals surface area contributed by atoms with Crippen molar-refractivity contribution in [3.05, 3.63) is 190 Å². The molecule has 2 nitrogen and oxygen atoms in total. The molecule has 0 atom stereocenters. The average molecular weight is 625 g/mol. The predicted molar refractivity (Wildman–Crippen MR) is 202 cm³/mol. The molecule has 0 amide bonds. The van der Waals surface area contributed by atoms with Crippen LogP contribution in [0.4, 0.5) is 11.4 Å². The molecule has 0 fully saturated rings. The molecule has 6 aromatic carbocycles. The van der Waals surface area contributed by atoms with Gasteiger partial charge in [-0.3, -0.25) is 0 Å². The van der Waals surface area contributed by atoms with Crippen LogP contribution in [0.5, 0.6) is 0 Å². The number of nitrogens with one attached hydrogen (secondary N) is 2. The molecule has 0 saturated carbocycles. The first-order valence-electron chi connectivity index (χ1n) is 17.2. The molecule has 0 saturated heterocycles. The smallest absolute Gasteiger partial charge is 0.161 e. The molecule has 0 aromatic heterocycles. The van der Waals surface area contributed by atoms with E-state index >= 15 is 0 Å². The van der Waals surface area contributed by atoms with Gasteiger partial charge in [-0.1, -0.05) is 175 Å². The summed E-state index contributed by atoms with van der Waals surface area (Å²) >= 11 is 0. The zero-order chi connectivity index (χ0) is 33.3. The molecule has 1 aliphatic heterocycles. The van der Waals surface area contributed by atoms with Gasteiger partial charge in [0.2, 0.25) is 0 Å². The second-order valence-corrected chi connectivity index (χ2v) is 15.6. The lowest BCUT2D eigenvalue weighted by atomic mass is 9.67. The maximum absolute atomic E-state index is 4.08. The summed E-state index contributed by atoms with van der Waals surface area (Å²) in [7, 11) is 0. The Balaban J connectivity index is 1.35. The van der Waals surface area contributed by atoms with Gasteiger partial charge in [0.15, 0.2) is 5.66 Å². The second kappa shape index (κ2) is 10.7. The van der Waals surface area contributed by atoms with Crippen molar-refractivity contribution in [1.29, 1.82) is 0 Å². The molecule has 1 aliphatic carbocycles. The van der Waals surface area contributed by atoms with Crippen molar-refractivity contribution in [2.75, 3.05) is 10.6 Å². The van der Waals surface area contributed by atoms with E-state index < -0.39 is 11.1 Å². The monoisotopic (exact) mass is 624 g/mol. The number of benzene rings is 6. The van der Waals surface area contributed by atoms with Crippen LogP contribution in [0, 0.1) is 0 Å². The van der Waals surface area contributed by atoms with E-state index in [0.29, 0.717) is 0 Å². The van der Waals surface area contributed by atoms with Gasteiger partial charge in [0.25, 0.3) is 0 Å². The molecule has 8 rings (SSSR count). The van der Waals surface area contributed by atoms with Crippen molar-refractivity contribution in [3.8, 4) is 11.1 Å². The van der Waals surface area contributed by atoms with Gasteiger partial charge in [-0.2, -0.15) is 0 Å². The highest BCUT2D eigenvalue weighted by molar-refractivity contribution is 5.93. The van der Waals surface area contributed by atoms with Gasteiger partial charge in [-0.25, -0.2) is 0 Å². The molecule has 48 heavy (non-hydrogen) atoms. The predicted octanol–water partition coefficient (Wildman–Crippen LogP) is 11.4. The lowest BCUT2D eigenvalue weighted by Crippen LogP contribution is -2.40. The zero-order valence-corrected chi connectivity index (χ0v) is 28.9. The Morgan fingerprint density at radius 1 is 0.396 bits per heavy atom. The summed E-state index contributed by atoms with van der Waals surface area (Å²) in [6, 6.07) is 54.2. The number of hydrogen-bond acceptors (Lipinski definition) is 2. The largest absolute Gasteiger partial charge is 0.354 e. The fraction of sp³-hybridized carbons (Fsp3) is 0.217. The first kappa shape index (κ1) is 30.3. The first-order chi connectivity index (χ1) is 23.0. The van der Waals surface area contributed by atoms with Crippen LogP contribution in [0.15, 0.2) is 146 Å². The second-order valence-electron chi connectivity index (χ2n) is 15.6. The van der Waals surface area contributed by atoms with E-state index in [2.05, 4.69) is 198 Å². The number of rotatable bonds is 4. The van der Waals surface area contributed by atoms with E-state index in [9.17, 15) is 0 Å². The topological polar surface area (TPSA) is 24.1 Å². The Morgan fingerprint density at radius 3 is 1.31 bits per heavy atom. The van der Waals surface area contributed by atoms with Crippen molar-refractivity contribution in [2.24, 2.45) is 0 Å². The standard InChI is InChI=1S/C46H44N2/c1-43(2,3)31-21-25-35(26-22-31)46(36-27-23-32(24-28-36)44(4,5)6)47-41-29-38-37-19-13-14-20-39(37)45(33-15-9-7-10-16-33,34-17-11-8-12-18-34)40(38)30-42(41)48-46/h7-30,47-48H,1-6H3. The fourth-order valence-electron chi connectivity index (χ4n) is 8.03. The Labute approximate surface area is 285 Å². The van der Waals surface area contributed by atoms with Crippen LogP contribution in [-0.2, 0) is 21.9 Å². The van der Waals surface area contributed by atoms with Crippen molar-refractivity contribution in [3.63, 3.8) is 0 Å². The van der Waals surface area contributed by atoms with Crippen molar-refractivity contribution in [1.82, 2.24) is 0 Å². The van der Waals surface area contributed by atoms with Gasteiger partial charge in [-0.15, -0.1) is 0 Å². The molecule has 0 unspecified atom stereocenters. The summed E-state index contributed by atoms with van der Waals surface area (Å²) in [5.74, 6) is 0. The van der Waals surface area contributed by atoms with Crippen LogP contribution in [-0.4, -0.2) is 0 Å². The van der Waals surface area contributed by atoms with Gasteiger partial charge in [-0.05, 0) is 67.5 Å². The lowest BCUT2D eigenvalue weighted by molar-refractivity contribution is 0.587. The minimum Gasteiger partial charge on any atom is -0.354 e. The Morgan fingerprint density at radius 2 is 0.833 bits per heavy atom. The third-order valence-electron chi connectivity index (χ3n) is 10.6. The molecule has 2 aliphatic rings. The summed E-state index contributed by atoms with van der Waals surface area (Å²) < 4.78 is 0. The van der Waals surface area contributed by atoms with E-state index in [4.69, 9.17) is 0 Å². The molecule has 0 bridgehead atoms. The summed E-state index contributed by atoms with van der Waals surface area (Å²) in [5, 5.41) is 8.14. The Kier molecular flexibility index (Phi) is 6.76. The first-order valence-corrected chi connectivity index (χ1v) is 17.2. The average Bonchev–Trinajstić information content (AvgIpc) is 3.62. The van der Waals surface area contributed by atoms with Crippen molar-refractivity contribution in [2.45, 2.75) is 63.5 Å². The van der Waals surface area contributed by atoms with Crippen LogP contribution >= 0.6 is 0 Å². The Bertz CT molecular complexity index is 2010. The summed E-state index contributed by atoms with van der Waals surface area (Å²) in [6.45, 7) is 13.6. The SMILES string of the molecule is CC(C)(C)c1ccc(C2(c3ccc(C(C)(C)C)cc3)Nc3cc4c(cc3N2)C(c2ccccc2)(c2ccccc2)c2ccccc2-4)cc1. The summed E-state index contributed by atoms with van der Waals surface area (Å²) in [4.78, 5) is 0. The van der Waals surface area contributed by atoms with Gasteiger partial charge in [0.1, 0.15) is 0 Å². The number of fused-ring (bicyclic) bond motifs is 4. The highest BCUT2D eigenvalue weighted by Crippen LogP contribution is 2.59. The van der Waals surface area contributed by atoms with Crippen molar-refractivity contribution < 1.29 is 0 Å². The normalized spacial score (nSPS) is 15.5. The molecule has 1 heterocycles. The fourth-order valence-corrected chi connectivity index (χ4v) is 8.03. The van der Waals surface area contributed by atoms with Crippen molar-refractivity contribution >= 4 is 11.4 Å². The minimum atomic E-state index is -0.633. The summed E-state index contributed by atoms with van der Waals surface area (Å²) in [5.41, 5.74) is 14.0. The number of anilines is 2. The van der Waals surface area contributed by atoms with Crippen LogP contribution in [0.1, 0.15) is 86.1 Å². The third-order valence-corrected chi connectivity index (χ3v) is 10.6. The van der Waals surface area contributed by atoms with Gasteiger partial charge in [0, 0.05) is 11.1 Å². The van der Waals surface area contributed by atoms with E-state index in [1.54, 1.807) is 0 Å². The van der Waals surface area contributed by atoms with E-state index in [-0.39, 0.29) is 10.8 Å². The zero-order valence-electron chi connectivity index (χ0n) is 28.9. The molecular weight excluding hydrogens is 581 g/mol. The van der Waals surface area contributed by atoms with Crippen LogP contribution < -0.4 is 10.6 Å².